The first-order valence-corrected chi connectivity index (χ1v) is 5.00. The highest BCUT2D eigenvalue weighted by atomic mass is 19.4. The largest absolute Gasteiger partial charge is 0.573 e. The summed E-state index contributed by atoms with van der Waals surface area (Å²) in [5.41, 5.74) is 0.262. The summed E-state index contributed by atoms with van der Waals surface area (Å²) in [5, 5.41) is 0. The molecule has 0 unspecified atom stereocenters. The molecule has 0 saturated heterocycles. The highest BCUT2D eigenvalue weighted by Crippen LogP contribution is 2.31. The predicted molar refractivity (Wildman–Crippen MR) is 59.0 cm³/mol. The summed E-state index contributed by atoms with van der Waals surface area (Å²) in [6.45, 7) is 6.99. The van der Waals surface area contributed by atoms with Crippen LogP contribution in [0.5, 0.6) is 11.5 Å². The molecule has 1 aromatic carbocycles. The lowest BCUT2D eigenvalue weighted by molar-refractivity contribution is -0.274. The maximum absolute atomic E-state index is 12.2. The minimum Gasteiger partial charge on any atom is -0.491 e. The second-order valence-electron chi connectivity index (χ2n) is 3.62. The first kappa shape index (κ1) is 13.4. The van der Waals surface area contributed by atoms with Crippen molar-refractivity contribution in [3.63, 3.8) is 0 Å². The average molecular weight is 246 g/mol. The number of benzene rings is 1. The van der Waals surface area contributed by atoms with Crippen molar-refractivity contribution in [2.24, 2.45) is 0 Å². The molecule has 0 saturated carbocycles. The summed E-state index contributed by atoms with van der Waals surface area (Å²) in [5.74, 6) is 0.00972. The zero-order valence-corrected chi connectivity index (χ0v) is 9.54. The molecule has 0 amide bonds. The van der Waals surface area contributed by atoms with E-state index in [0.717, 1.165) is 0 Å². The first-order valence-electron chi connectivity index (χ1n) is 5.00. The van der Waals surface area contributed by atoms with Crippen LogP contribution < -0.4 is 9.47 Å². The van der Waals surface area contributed by atoms with Gasteiger partial charge < -0.3 is 9.47 Å². The number of hydrogen-bond acceptors (Lipinski definition) is 2. The maximum atomic E-state index is 12.2. The Labute approximate surface area is 97.7 Å². The van der Waals surface area contributed by atoms with E-state index in [1.54, 1.807) is 19.9 Å². The Morgan fingerprint density at radius 2 is 1.94 bits per heavy atom. The smallest absolute Gasteiger partial charge is 0.491 e. The summed E-state index contributed by atoms with van der Waals surface area (Å²) in [6, 6.07) is 4.23. The molecule has 0 fully saturated rings. The molecule has 0 heterocycles. The highest BCUT2D eigenvalue weighted by Gasteiger charge is 2.32. The first-order chi connectivity index (χ1) is 7.81. The van der Waals surface area contributed by atoms with Crippen LogP contribution in [0.3, 0.4) is 0 Å². The van der Waals surface area contributed by atoms with Crippen molar-refractivity contribution in [2.45, 2.75) is 26.3 Å². The number of ether oxygens (including phenoxy) is 2. The van der Waals surface area contributed by atoms with Gasteiger partial charge in [0.15, 0.2) is 0 Å². The monoisotopic (exact) mass is 246 g/mol. The fourth-order valence-corrected chi connectivity index (χ4v) is 1.24. The van der Waals surface area contributed by atoms with Crippen LogP contribution in [0.2, 0.25) is 0 Å². The Hall–Kier alpha value is -1.65. The van der Waals surface area contributed by atoms with Crippen LogP contribution in [0, 0.1) is 0 Å². The van der Waals surface area contributed by atoms with E-state index >= 15 is 0 Å². The minimum atomic E-state index is -4.73. The van der Waals surface area contributed by atoms with E-state index < -0.39 is 6.36 Å². The molecular formula is C12H13F3O2. The molecule has 0 radical (unpaired) electrons. The SMILES string of the molecule is C=Cc1ccc(OC(C)C)cc1OC(F)(F)F. The molecule has 0 spiro atoms. The van der Waals surface area contributed by atoms with E-state index in [9.17, 15) is 13.2 Å². The third-order valence-electron chi connectivity index (χ3n) is 1.80. The van der Waals surface area contributed by atoms with Crippen molar-refractivity contribution < 1.29 is 22.6 Å². The van der Waals surface area contributed by atoms with Gasteiger partial charge in [-0.2, -0.15) is 0 Å². The summed E-state index contributed by atoms with van der Waals surface area (Å²) < 4.78 is 45.6. The fraction of sp³-hybridized carbons (Fsp3) is 0.333. The third-order valence-corrected chi connectivity index (χ3v) is 1.80. The Morgan fingerprint density at radius 3 is 2.41 bits per heavy atom. The summed E-state index contributed by atoms with van der Waals surface area (Å²) in [4.78, 5) is 0. The molecule has 0 aliphatic carbocycles. The molecule has 1 aromatic rings. The van der Waals surface area contributed by atoms with E-state index in [1.165, 1.54) is 18.2 Å². The van der Waals surface area contributed by atoms with Gasteiger partial charge in [0.1, 0.15) is 11.5 Å². The average Bonchev–Trinajstić information content (AvgIpc) is 2.14. The molecule has 0 atom stereocenters. The fourth-order valence-electron chi connectivity index (χ4n) is 1.24. The van der Waals surface area contributed by atoms with E-state index in [1.807, 2.05) is 0 Å². The van der Waals surface area contributed by atoms with Gasteiger partial charge in [0, 0.05) is 11.6 Å². The van der Waals surface area contributed by atoms with Crippen molar-refractivity contribution in [3.8, 4) is 11.5 Å². The predicted octanol–water partition coefficient (Wildman–Crippen LogP) is 4.02. The number of hydrogen-bond donors (Lipinski definition) is 0. The standard InChI is InChI=1S/C12H13F3O2/c1-4-9-5-6-10(16-8(2)3)7-11(9)17-12(13,14)15/h4-8H,1H2,2-3H3. The van der Waals surface area contributed by atoms with Gasteiger partial charge in [0.25, 0.3) is 0 Å². The highest BCUT2D eigenvalue weighted by molar-refractivity contribution is 5.57. The molecule has 0 bridgehead atoms. The van der Waals surface area contributed by atoms with Gasteiger partial charge in [-0.1, -0.05) is 12.7 Å². The Morgan fingerprint density at radius 1 is 1.29 bits per heavy atom. The second kappa shape index (κ2) is 5.12. The molecule has 94 valence electrons. The van der Waals surface area contributed by atoms with E-state index in [2.05, 4.69) is 11.3 Å². The second-order valence-corrected chi connectivity index (χ2v) is 3.62. The van der Waals surface area contributed by atoms with Crippen molar-refractivity contribution >= 4 is 6.08 Å². The maximum Gasteiger partial charge on any atom is 0.573 e. The molecule has 17 heavy (non-hydrogen) atoms. The van der Waals surface area contributed by atoms with Gasteiger partial charge in [-0.25, -0.2) is 0 Å². The van der Waals surface area contributed by atoms with E-state index in [-0.39, 0.29) is 17.4 Å². The quantitative estimate of drug-likeness (QED) is 0.799. The lowest BCUT2D eigenvalue weighted by Crippen LogP contribution is -2.18. The topological polar surface area (TPSA) is 18.5 Å². The number of alkyl halides is 3. The molecule has 0 aliphatic rings. The van der Waals surface area contributed by atoms with Crippen molar-refractivity contribution in [3.05, 3.63) is 30.3 Å². The molecule has 0 aromatic heterocycles. The molecule has 0 aliphatic heterocycles. The van der Waals surface area contributed by atoms with E-state index in [4.69, 9.17) is 4.74 Å². The third kappa shape index (κ3) is 4.38. The summed E-state index contributed by atoms with van der Waals surface area (Å²) in [6.07, 6.45) is -3.56. The van der Waals surface area contributed by atoms with Crippen LogP contribution in [0.4, 0.5) is 13.2 Å². The van der Waals surface area contributed by atoms with Crippen molar-refractivity contribution in [1.82, 2.24) is 0 Å². The van der Waals surface area contributed by atoms with Crippen LogP contribution in [-0.2, 0) is 0 Å². The van der Waals surface area contributed by atoms with Gasteiger partial charge in [0.2, 0.25) is 0 Å². The number of halogens is 3. The van der Waals surface area contributed by atoms with Crippen LogP contribution in [-0.4, -0.2) is 12.5 Å². The number of rotatable bonds is 4. The van der Waals surface area contributed by atoms with Gasteiger partial charge in [-0.05, 0) is 26.0 Å². The zero-order chi connectivity index (χ0) is 13.1. The Bertz CT molecular complexity index is 397. The van der Waals surface area contributed by atoms with Crippen LogP contribution >= 0.6 is 0 Å². The molecule has 5 heteroatoms. The lowest BCUT2D eigenvalue weighted by atomic mass is 10.2. The van der Waals surface area contributed by atoms with Gasteiger partial charge >= 0.3 is 6.36 Å². The zero-order valence-electron chi connectivity index (χ0n) is 9.54. The summed E-state index contributed by atoms with van der Waals surface area (Å²) in [7, 11) is 0. The normalized spacial score (nSPS) is 11.4. The van der Waals surface area contributed by atoms with Crippen LogP contribution in [0.15, 0.2) is 24.8 Å². The van der Waals surface area contributed by atoms with E-state index in [0.29, 0.717) is 5.75 Å². The Kier molecular flexibility index (Phi) is 4.04. The van der Waals surface area contributed by atoms with Gasteiger partial charge in [-0.3, -0.25) is 0 Å². The van der Waals surface area contributed by atoms with Crippen molar-refractivity contribution in [2.75, 3.05) is 0 Å². The molecular weight excluding hydrogens is 233 g/mol. The minimum absolute atomic E-state index is 0.122. The molecule has 0 N–H and O–H groups in total. The van der Waals surface area contributed by atoms with Gasteiger partial charge in [-0.15, -0.1) is 13.2 Å². The van der Waals surface area contributed by atoms with Gasteiger partial charge in [0.05, 0.1) is 6.10 Å². The lowest BCUT2D eigenvalue weighted by Gasteiger charge is -2.14. The van der Waals surface area contributed by atoms with Crippen LogP contribution in [0.25, 0.3) is 6.08 Å². The summed E-state index contributed by atoms with van der Waals surface area (Å²) >= 11 is 0. The van der Waals surface area contributed by atoms with Crippen LogP contribution in [0.1, 0.15) is 19.4 Å². The molecule has 1 rings (SSSR count). The van der Waals surface area contributed by atoms with Crippen molar-refractivity contribution in [1.29, 1.82) is 0 Å². The Balaban J connectivity index is 3.02. The molecule has 2 nitrogen and oxygen atoms in total.